The van der Waals surface area contributed by atoms with Crippen LogP contribution in [0.5, 0.6) is 5.75 Å². The molecule has 2 fully saturated rings. The Bertz CT molecular complexity index is 1690. The lowest BCUT2D eigenvalue weighted by molar-refractivity contribution is -0.273. The van der Waals surface area contributed by atoms with Gasteiger partial charge in [0.15, 0.2) is 19.9 Å². The maximum absolute atomic E-state index is 14.2. The highest BCUT2D eigenvalue weighted by Crippen LogP contribution is 2.43. The molecular formula is C45H61NO8Si. The predicted octanol–water partition coefficient (Wildman–Crippen LogP) is 9.42. The smallest absolute Gasteiger partial charge is 0.229 e. The van der Waals surface area contributed by atoms with Crippen molar-refractivity contribution >= 4 is 25.7 Å². The lowest BCUT2D eigenvalue weighted by Gasteiger charge is -2.40. The number of ketones is 1. The van der Waals surface area contributed by atoms with Crippen molar-refractivity contribution in [3.05, 3.63) is 108 Å². The molecular weight excluding hydrogens is 711 g/mol. The van der Waals surface area contributed by atoms with E-state index in [1.807, 2.05) is 91.9 Å². The van der Waals surface area contributed by atoms with E-state index in [2.05, 4.69) is 45.8 Å². The molecule has 3 aromatic rings. The first kappa shape index (κ1) is 42.5. The molecule has 10 heteroatoms. The van der Waals surface area contributed by atoms with Crippen LogP contribution in [0, 0.1) is 5.92 Å². The van der Waals surface area contributed by atoms with Crippen LogP contribution in [0.25, 0.3) is 0 Å². The van der Waals surface area contributed by atoms with E-state index in [9.17, 15) is 9.59 Å². The quantitative estimate of drug-likeness (QED) is 0.101. The van der Waals surface area contributed by atoms with Crippen LogP contribution < -0.4 is 10.1 Å². The van der Waals surface area contributed by atoms with Gasteiger partial charge in [-0.3, -0.25) is 9.59 Å². The van der Waals surface area contributed by atoms with Gasteiger partial charge in [-0.2, -0.15) is 0 Å². The molecule has 3 aromatic carbocycles. The third-order valence-electron chi connectivity index (χ3n) is 11.4. The molecule has 0 aromatic heterocycles. The maximum atomic E-state index is 14.2. The van der Waals surface area contributed by atoms with Crippen molar-refractivity contribution in [2.24, 2.45) is 5.92 Å². The Morgan fingerprint density at radius 1 is 0.873 bits per heavy atom. The summed E-state index contributed by atoms with van der Waals surface area (Å²) in [7, 11) is -0.523. The van der Waals surface area contributed by atoms with Gasteiger partial charge in [0.05, 0.1) is 45.1 Å². The molecule has 2 aliphatic heterocycles. The first-order chi connectivity index (χ1) is 26.2. The second kappa shape index (κ2) is 19.0. The average Bonchev–Trinajstić information content (AvgIpc) is 3.58. The molecule has 0 radical (unpaired) electrons. The normalized spacial score (nSPS) is 21.8. The summed E-state index contributed by atoms with van der Waals surface area (Å²) in [6.07, 6.45) is 1.52. The number of carbonyl (C=O) groups excluding carboxylic acids is 2. The fourth-order valence-corrected chi connectivity index (χ4v) is 7.80. The van der Waals surface area contributed by atoms with Gasteiger partial charge < -0.3 is 33.4 Å². The Morgan fingerprint density at radius 2 is 1.49 bits per heavy atom. The summed E-state index contributed by atoms with van der Waals surface area (Å²) in [5.41, 5.74) is 3.15. The molecule has 0 aliphatic carbocycles. The second-order valence-corrected chi connectivity index (χ2v) is 21.3. The fraction of sp³-hybridized carbons (Fsp3) is 0.511. The Labute approximate surface area is 329 Å². The minimum Gasteiger partial charge on any atom is -0.497 e. The zero-order chi connectivity index (χ0) is 39.6. The van der Waals surface area contributed by atoms with Gasteiger partial charge in [-0.05, 0) is 78.4 Å². The van der Waals surface area contributed by atoms with Gasteiger partial charge in [0.25, 0.3) is 0 Å². The number of hydrogen-bond acceptors (Lipinski definition) is 8. The summed E-state index contributed by atoms with van der Waals surface area (Å²) in [6, 6.07) is 27.2. The standard InChI is InChI=1S/C45H61NO8Si/c1-32(42(47)39-25-27-45(54-39)26-15-20-38(53-45)33(2)43(48)46-36-18-13-10-14-19-36)28-40(50-30-35-21-23-37(49-6)24-22-35)41(31-52-55(7,8)44(3,4)5)51-29-34-16-11-9-12-17-34/h9-14,16-19,21-24,33,38-41H,1,15,20,25-31H2,2-8H3,(H,46,48)/t33-,38+,39+,40-,41-,45+/m1/s1. The summed E-state index contributed by atoms with van der Waals surface area (Å²) in [4.78, 5) is 27.3. The molecule has 1 amide bonds. The topological polar surface area (TPSA) is 102 Å². The van der Waals surface area contributed by atoms with E-state index >= 15 is 0 Å². The van der Waals surface area contributed by atoms with Crippen LogP contribution in [0.15, 0.2) is 97.1 Å². The molecule has 9 nitrogen and oxygen atoms in total. The van der Waals surface area contributed by atoms with Crippen molar-refractivity contribution in [2.45, 2.75) is 128 Å². The van der Waals surface area contributed by atoms with Gasteiger partial charge in [0.2, 0.25) is 5.91 Å². The Balaban J connectivity index is 1.29. The summed E-state index contributed by atoms with van der Waals surface area (Å²) in [6.45, 7) is 18.2. The molecule has 2 saturated heterocycles. The number of ether oxygens (including phenoxy) is 5. The number of carbonyl (C=O) groups is 2. The lowest BCUT2D eigenvalue weighted by Crippen LogP contribution is -2.46. The van der Waals surface area contributed by atoms with Crippen molar-refractivity contribution in [3.8, 4) is 5.75 Å². The number of anilines is 1. The molecule has 1 N–H and O–H groups in total. The minimum absolute atomic E-state index is 0.00452. The number of benzene rings is 3. The number of rotatable bonds is 18. The van der Waals surface area contributed by atoms with Crippen LogP contribution in [0.1, 0.15) is 77.3 Å². The number of Topliss-reactive ketones (excluding diaryl/α,β-unsaturated/α-hetero) is 1. The predicted molar refractivity (Wildman–Crippen MR) is 218 cm³/mol. The van der Waals surface area contributed by atoms with E-state index in [1.54, 1.807) is 7.11 Å². The van der Waals surface area contributed by atoms with Crippen molar-refractivity contribution < 1.29 is 37.7 Å². The zero-order valence-corrected chi connectivity index (χ0v) is 34.8. The summed E-state index contributed by atoms with van der Waals surface area (Å²) in [5.74, 6) is -0.806. The number of para-hydroxylation sites is 1. The van der Waals surface area contributed by atoms with Crippen molar-refractivity contribution in [2.75, 3.05) is 19.0 Å². The van der Waals surface area contributed by atoms with Gasteiger partial charge >= 0.3 is 0 Å². The molecule has 0 bridgehead atoms. The Hall–Kier alpha value is -3.64. The van der Waals surface area contributed by atoms with Crippen LogP contribution in [0.3, 0.4) is 0 Å². The minimum atomic E-state index is -2.16. The van der Waals surface area contributed by atoms with Crippen LogP contribution >= 0.6 is 0 Å². The van der Waals surface area contributed by atoms with Crippen LogP contribution in [0.2, 0.25) is 18.1 Å². The molecule has 298 valence electrons. The molecule has 2 heterocycles. The first-order valence-corrected chi connectivity index (χ1v) is 22.6. The number of amides is 1. The molecule has 55 heavy (non-hydrogen) atoms. The number of methoxy groups -OCH3 is 1. The van der Waals surface area contributed by atoms with E-state index in [-0.39, 0.29) is 29.3 Å². The van der Waals surface area contributed by atoms with Crippen LogP contribution in [-0.4, -0.2) is 63.9 Å². The Kier molecular flexibility index (Phi) is 14.7. The summed E-state index contributed by atoms with van der Waals surface area (Å²) < 4.78 is 38.5. The van der Waals surface area contributed by atoms with E-state index in [0.29, 0.717) is 44.7 Å². The van der Waals surface area contributed by atoms with Gasteiger partial charge in [-0.25, -0.2) is 0 Å². The maximum Gasteiger partial charge on any atom is 0.229 e. The van der Waals surface area contributed by atoms with Crippen molar-refractivity contribution in [1.82, 2.24) is 0 Å². The highest BCUT2D eigenvalue weighted by atomic mass is 28.4. The van der Waals surface area contributed by atoms with Crippen molar-refractivity contribution in [1.29, 1.82) is 0 Å². The van der Waals surface area contributed by atoms with E-state index in [4.69, 9.17) is 28.1 Å². The third-order valence-corrected chi connectivity index (χ3v) is 15.9. The van der Waals surface area contributed by atoms with Gasteiger partial charge in [-0.15, -0.1) is 0 Å². The molecule has 5 rings (SSSR count). The second-order valence-electron chi connectivity index (χ2n) is 16.5. The van der Waals surface area contributed by atoms with E-state index in [0.717, 1.165) is 35.4 Å². The molecule has 2 aliphatic rings. The number of hydrogen-bond donors (Lipinski definition) is 1. The van der Waals surface area contributed by atoms with Gasteiger partial charge in [0, 0.05) is 24.9 Å². The van der Waals surface area contributed by atoms with Crippen molar-refractivity contribution in [3.63, 3.8) is 0 Å². The third kappa shape index (κ3) is 11.7. The monoisotopic (exact) mass is 771 g/mol. The van der Waals surface area contributed by atoms with Gasteiger partial charge in [-0.1, -0.05) is 94.9 Å². The average molecular weight is 772 g/mol. The number of nitrogens with one attached hydrogen (secondary N) is 1. The largest absolute Gasteiger partial charge is 0.497 e. The summed E-state index contributed by atoms with van der Waals surface area (Å²) in [5, 5.41) is 2.99. The van der Waals surface area contributed by atoms with E-state index < -0.39 is 38.3 Å². The first-order valence-electron chi connectivity index (χ1n) is 19.7. The molecule has 0 unspecified atom stereocenters. The highest BCUT2D eigenvalue weighted by molar-refractivity contribution is 6.74. The highest BCUT2D eigenvalue weighted by Gasteiger charge is 2.49. The Morgan fingerprint density at radius 3 is 2.13 bits per heavy atom. The zero-order valence-electron chi connectivity index (χ0n) is 33.8. The summed E-state index contributed by atoms with van der Waals surface area (Å²) >= 11 is 0. The SMILES string of the molecule is C=C(C[C@@H](OCc1ccc(OC)cc1)[C@@H](CO[Si](C)(C)C(C)(C)C)OCc1ccccc1)C(=O)[C@@H]1CC[C@]2(CCC[C@@H]([C@@H](C)C(=O)Nc3ccccc3)O2)O1. The van der Waals surface area contributed by atoms with Crippen LogP contribution in [0.4, 0.5) is 5.69 Å². The molecule has 1 spiro atoms. The fourth-order valence-electron chi connectivity index (χ4n) is 6.79. The van der Waals surface area contributed by atoms with Crippen LogP contribution in [-0.2, 0) is 46.2 Å². The molecule has 0 saturated carbocycles. The van der Waals surface area contributed by atoms with Gasteiger partial charge in [0.1, 0.15) is 18.0 Å². The molecule has 6 atom stereocenters. The van der Waals surface area contributed by atoms with E-state index in [1.165, 1.54) is 0 Å². The lowest BCUT2D eigenvalue weighted by atomic mass is 9.91.